The molecule has 0 fully saturated rings. The number of tetrazole rings is 1. The van der Waals surface area contributed by atoms with Gasteiger partial charge in [-0.3, -0.25) is 0 Å². The summed E-state index contributed by atoms with van der Waals surface area (Å²) in [5.41, 5.74) is 4.26. The molecule has 9 heteroatoms. The number of rotatable bonds is 11. The molecule has 4 aromatic rings. The van der Waals surface area contributed by atoms with Gasteiger partial charge in [-0.25, -0.2) is 14.8 Å². The molecular weight excluding hydrogens is 430 g/mol. The van der Waals surface area contributed by atoms with Gasteiger partial charge in [-0.1, -0.05) is 68.8 Å². The topological polar surface area (TPSA) is 104 Å². The Labute approximate surface area is 199 Å². The Balaban J connectivity index is 1.62. The second-order valence-electron chi connectivity index (χ2n) is 8.16. The first kappa shape index (κ1) is 23.7. The number of methoxy groups -OCH3 is 2. The van der Waals surface area contributed by atoms with Crippen LogP contribution in [0, 0.1) is 0 Å². The molecule has 2 heterocycles. The minimum atomic E-state index is -0.925. The maximum absolute atomic E-state index is 5.74. The zero-order chi connectivity index (χ0) is 24.0. The second kappa shape index (κ2) is 10.7. The molecule has 0 saturated carbocycles. The van der Waals surface area contributed by atoms with Crippen LogP contribution in [-0.4, -0.2) is 49.6 Å². The molecule has 0 atom stereocenters. The van der Waals surface area contributed by atoms with E-state index in [1.54, 1.807) is 14.2 Å². The van der Waals surface area contributed by atoms with E-state index >= 15 is 0 Å². The first-order valence-corrected chi connectivity index (χ1v) is 11.6. The van der Waals surface area contributed by atoms with Gasteiger partial charge in [0.1, 0.15) is 5.82 Å². The number of ether oxygens (including phenoxy) is 2. The van der Waals surface area contributed by atoms with Crippen molar-refractivity contribution in [3.8, 4) is 22.5 Å². The van der Waals surface area contributed by atoms with E-state index < -0.39 is 5.79 Å². The van der Waals surface area contributed by atoms with Gasteiger partial charge in [-0.05, 0) is 33.5 Å². The Kier molecular flexibility index (Phi) is 7.44. The predicted molar refractivity (Wildman–Crippen MR) is 129 cm³/mol. The summed E-state index contributed by atoms with van der Waals surface area (Å²) >= 11 is 0. The highest BCUT2D eigenvalue weighted by Gasteiger charge is 2.36. The lowest BCUT2D eigenvalue weighted by atomic mass is 9.98. The van der Waals surface area contributed by atoms with E-state index in [4.69, 9.17) is 19.6 Å². The highest BCUT2D eigenvalue weighted by molar-refractivity contribution is 5.80. The molecule has 9 nitrogen and oxygen atoms in total. The van der Waals surface area contributed by atoms with E-state index in [0.717, 1.165) is 47.5 Å². The fourth-order valence-electron chi connectivity index (χ4n) is 4.17. The number of benzene rings is 2. The van der Waals surface area contributed by atoms with Crippen molar-refractivity contribution in [3.63, 3.8) is 0 Å². The number of hydrogen-bond acceptors (Lipinski definition) is 7. The van der Waals surface area contributed by atoms with Gasteiger partial charge in [-0.2, -0.15) is 5.10 Å². The number of aromatic nitrogens is 7. The van der Waals surface area contributed by atoms with Crippen LogP contribution in [0.25, 0.3) is 22.5 Å². The van der Waals surface area contributed by atoms with E-state index in [0.29, 0.717) is 24.5 Å². The van der Waals surface area contributed by atoms with Gasteiger partial charge in [0.05, 0.1) is 0 Å². The minimum Gasteiger partial charge on any atom is -0.347 e. The van der Waals surface area contributed by atoms with Gasteiger partial charge in [0, 0.05) is 39.2 Å². The van der Waals surface area contributed by atoms with Crippen molar-refractivity contribution in [1.29, 1.82) is 0 Å². The van der Waals surface area contributed by atoms with Crippen molar-refractivity contribution >= 4 is 0 Å². The molecule has 178 valence electrons. The minimum absolute atomic E-state index is 0.578. The Bertz CT molecular complexity index is 1180. The van der Waals surface area contributed by atoms with Crippen LogP contribution in [0.2, 0.25) is 0 Å². The van der Waals surface area contributed by atoms with Crippen LogP contribution in [0.15, 0.2) is 48.5 Å². The average Bonchev–Trinajstić information content (AvgIpc) is 3.55. The smallest absolute Gasteiger partial charge is 0.231 e. The second-order valence-corrected chi connectivity index (χ2v) is 8.16. The molecule has 2 aromatic carbocycles. The summed E-state index contributed by atoms with van der Waals surface area (Å²) in [5.74, 6) is 1.19. The van der Waals surface area contributed by atoms with Gasteiger partial charge >= 0.3 is 0 Å². The Hall–Kier alpha value is -3.43. The summed E-state index contributed by atoms with van der Waals surface area (Å²) in [6.45, 7) is 5.01. The first-order chi connectivity index (χ1) is 16.6. The lowest BCUT2D eigenvalue weighted by molar-refractivity contribution is -0.225. The fraction of sp³-hybridized carbons (Fsp3) is 0.400. The normalized spacial score (nSPS) is 11.8. The molecule has 4 rings (SSSR count). The summed E-state index contributed by atoms with van der Waals surface area (Å²) in [5, 5.41) is 19.1. The van der Waals surface area contributed by atoms with Crippen molar-refractivity contribution in [1.82, 2.24) is 35.4 Å². The van der Waals surface area contributed by atoms with E-state index in [1.807, 2.05) is 22.9 Å². The Morgan fingerprint density at radius 2 is 1.68 bits per heavy atom. The van der Waals surface area contributed by atoms with Crippen molar-refractivity contribution < 1.29 is 9.47 Å². The molecule has 1 N–H and O–H groups in total. The van der Waals surface area contributed by atoms with Crippen molar-refractivity contribution in [2.45, 2.75) is 51.9 Å². The van der Waals surface area contributed by atoms with E-state index in [2.05, 4.69) is 64.8 Å². The number of aromatic amines is 1. The third kappa shape index (κ3) is 4.76. The SMILES string of the molecule is CCCn1nc(C(CCC)(OC)OC)nc1Cc1ccc(-c2ccccc2-c2nnn[nH]2)cc1. The fourth-order valence-corrected chi connectivity index (χ4v) is 4.17. The third-order valence-corrected chi connectivity index (χ3v) is 5.92. The van der Waals surface area contributed by atoms with Gasteiger partial charge in [-0.15, -0.1) is 5.10 Å². The number of H-pyrrole nitrogens is 1. The third-order valence-electron chi connectivity index (χ3n) is 5.92. The van der Waals surface area contributed by atoms with Gasteiger partial charge < -0.3 is 9.47 Å². The molecule has 0 spiro atoms. The summed E-state index contributed by atoms with van der Waals surface area (Å²) in [4.78, 5) is 4.86. The average molecular weight is 462 g/mol. The Morgan fingerprint density at radius 1 is 0.941 bits per heavy atom. The van der Waals surface area contributed by atoms with Crippen LogP contribution >= 0.6 is 0 Å². The zero-order valence-corrected chi connectivity index (χ0v) is 20.2. The van der Waals surface area contributed by atoms with Gasteiger partial charge in [0.15, 0.2) is 5.82 Å². The zero-order valence-electron chi connectivity index (χ0n) is 20.2. The highest BCUT2D eigenvalue weighted by atomic mass is 16.7. The molecule has 0 aliphatic carbocycles. The number of nitrogens with zero attached hydrogens (tertiary/aromatic N) is 6. The lowest BCUT2D eigenvalue weighted by Crippen LogP contribution is -2.32. The highest BCUT2D eigenvalue weighted by Crippen LogP contribution is 2.31. The van der Waals surface area contributed by atoms with Gasteiger partial charge in [0.25, 0.3) is 0 Å². The number of hydrogen-bond donors (Lipinski definition) is 1. The Morgan fingerprint density at radius 3 is 2.29 bits per heavy atom. The predicted octanol–water partition coefficient (Wildman–Crippen LogP) is 4.37. The maximum Gasteiger partial charge on any atom is 0.231 e. The summed E-state index contributed by atoms with van der Waals surface area (Å²) < 4.78 is 13.4. The molecule has 0 bridgehead atoms. The van der Waals surface area contributed by atoms with Crippen molar-refractivity contribution in [2.75, 3.05) is 14.2 Å². The summed E-state index contributed by atoms with van der Waals surface area (Å²) in [6.07, 6.45) is 3.20. The molecular formula is C25H31N7O2. The van der Waals surface area contributed by atoms with Crippen LogP contribution < -0.4 is 0 Å². The molecule has 0 saturated heterocycles. The maximum atomic E-state index is 5.74. The molecule has 0 aliphatic heterocycles. The number of aryl methyl sites for hydroxylation is 1. The molecule has 2 aromatic heterocycles. The lowest BCUT2D eigenvalue weighted by Gasteiger charge is -2.27. The van der Waals surface area contributed by atoms with Crippen LogP contribution in [-0.2, 0) is 28.2 Å². The summed E-state index contributed by atoms with van der Waals surface area (Å²) in [7, 11) is 3.29. The van der Waals surface area contributed by atoms with E-state index in [-0.39, 0.29) is 0 Å². The molecule has 0 aliphatic rings. The molecule has 0 unspecified atom stereocenters. The van der Waals surface area contributed by atoms with E-state index in [9.17, 15) is 0 Å². The van der Waals surface area contributed by atoms with Gasteiger partial charge in [0.2, 0.25) is 11.6 Å². The molecule has 34 heavy (non-hydrogen) atoms. The quantitative estimate of drug-likeness (QED) is 0.331. The van der Waals surface area contributed by atoms with E-state index in [1.165, 1.54) is 0 Å². The molecule has 0 amide bonds. The summed E-state index contributed by atoms with van der Waals surface area (Å²) in [6, 6.07) is 16.6. The van der Waals surface area contributed by atoms with Crippen LogP contribution in [0.5, 0.6) is 0 Å². The number of nitrogens with one attached hydrogen (secondary N) is 1. The monoisotopic (exact) mass is 461 g/mol. The molecule has 0 radical (unpaired) electrons. The first-order valence-electron chi connectivity index (χ1n) is 11.6. The van der Waals surface area contributed by atoms with Crippen LogP contribution in [0.1, 0.15) is 50.3 Å². The van der Waals surface area contributed by atoms with Crippen LogP contribution in [0.3, 0.4) is 0 Å². The largest absolute Gasteiger partial charge is 0.347 e. The van der Waals surface area contributed by atoms with Crippen LogP contribution in [0.4, 0.5) is 0 Å². The van der Waals surface area contributed by atoms with Crippen molar-refractivity contribution in [3.05, 3.63) is 65.7 Å². The standard InChI is InChI=1S/C25H31N7O2/c1-5-15-25(33-3,34-4)24-26-22(32(29-24)16-6-2)17-18-11-13-19(14-12-18)20-9-7-8-10-21(20)23-27-30-31-28-23/h7-14H,5-6,15-17H2,1-4H3,(H,27,28,30,31). The van der Waals surface area contributed by atoms with Crippen molar-refractivity contribution in [2.24, 2.45) is 0 Å².